The second-order valence-electron chi connectivity index (χ2n) is 7.02. The molecule has 160 valence electrons. The molecule has 0 atom stereocenters. The van der Waals surface area contributed by atoms with E-state index < -0.39 is 0 Å². The largest absolute Gasteiger partial charge is 0.379 e. The normalized spacial score (nSPS) is 14.2. The van der Waals surface area contributed by atoms with E-state index in [4.69, 9.17) is 4.74 Å². The minimum atomic E-state index is -0.173. The fourth-order valence-corrected chi connectivity index (χ4v) is 4.28. The molecular weight excluding hydrogens is 480 g/mol. The molecular formula is C22H21BrN4O3S. The number of hydrogen-bond acceptors (Lipinski definition) is 6. The third kappa shape index (κ3) is 5.98. The molecule has 2 amide bonds. The van der Waals surface area contributed by atoms with Crippen molar-refractivity contribution in [1.82, 2.24) is 9.88 Å². The number of halogens is 1. The Morgan fingerprint density at radius 2 is 1.87 bits per heavy atom. The van der Waals surface area contributed by atoms with Gasteiger partial charge in [0.2, 0.25) is 5.91 Å². The van der Waals surface area contributed by atoms with Gasteiger partial charge in [0.15, 0.2) is 5.13 Å². The second-order valence-corrected chi connectivity index (χ2v) is 8.79. The molecule has 4 rings (SSSR count). The van der Waals surface area contributed by atoms with Crippen LogP contribution in [0, 0.1) is 0 Å². The minimum Gasteiger partial charge on any atom is -0.379 e. The van der Waals surface area contributed by atoms with Gasteiger partial charge in [0.25, 0.3) is 5.91 Å². The maximum absolute atomic E-state index is 12.4. The molecule has 1 aliphatic heterocycles. The first-order chi connectivity index (χ1) is 15.1. The molecule has 0 saturated carbocycles. The van der Waals surface area contributed by atoms with Gasteiger partial charge in [0.05, 0.1) is 25.5 Å². The zero-order valence-electron chi connectivity index (χ0n) is 16.6. The molecule has 3 aromatic rings. The van der Waals surface area contributed by atoms with Gasteiger partial charge in [-0.3, -0.25) is 14.5 Å². The van der Waals surface area contributed by atoms with Crippen molar-refractivity contribution in [3.63, 3.8) is 0 Å². The standard InChI is InChI=1S/C22H21BrN4O3S/c23-17-3-1-2-16(12-17)21(29)24-18-6-4-15(5-7-18)19-14-31-22(25-19)26-20(28)13-27-8-10-30-11-9-27/h1-7,12,14H,8-11,13H2,(H,24,29)(H,25,26,28). The highest BCUT2D eigenvalue weighted by atomic mass is 79.9. The Morgan fingerprint density at radius 1 is 1.10 bits per heavy atom. The first-order valence-electron chi connectivity index (χ1n) is 9.80. The van der Waals surface area contributed by atoms with Crippen LogP contribution in [0.15, 0.2) is 58.4 Å². The molecule has 0 spiro atoms. The summed E-state index contributed by atoms with van der Waals surface area (Å²) < 4.78 is 6.15. The lowest BCUT2D eigenvalue weighted by molar-refractivity contribution is -0.118. The van der Waals surface area contributed by atoms with Crippen LogP contribution in [0.5, 0.6) is 0 Å². The van der Waals surface area contributed by atoms with Crippen LogP contribution in [0.1, 0.15) is 10.4 Å². The number of amides is 2. The summed E-state index contributed by atoms with van der Waals surface area (Å²) in [5.74, 6) is -0.249. The van der Waals surface area contributed by atoms with Gasteiger partial charge in [-0.2, -0.15) is 0 Å². The number of thiazole rings is 1. The number of carbonyl (C=O) groups excluding carboxylic acids is 2. The number of benzene rings is 2. The molecule has 0 radical (unpaired) electrons. The van der Waals surface area contributed by atoms with E-state index in [-0.39, 0.29) is 11.8 Å². The summed E-state index contributed by atoms with van der Waals surface area (Å²) in [5.41, 5.74) is 2.96. The number of morpholine rings is 1. The minimum absolute atomic E-state index is 0.0755. The lowest BCUT2D eigenvalue weighted by atomic mass is 10.1. The molecule has 31 heavy (non-hydrogen) atoms. The van der Waals surface area contributed by atoms with E-state index >= 15 is 0 Å². The molecule has 1 fully saturated rings. The van der Waals surface area contributed by atoms with Gasteiger partial charge in [0.1, 0.15) is 0 Å². The topological polar surface area (TPSA) is 83.6 Å². The highest BCUT2D eigenvalue weighted by molar-refractivity contribution is 9.10. The average molecular weight is 501 g/mol. The summed E-state index contributed by atoms with van der Waals surface area (Å²) in [7, 11) is 0. The van der Waals surface area contributed by atoms with E-state index in [1.807, 2.05) is 41.8 Å². The van der Waals surface area contributed by atoms with Gasteiger partial charge in [-0.15, -0.1) is 11.3 Å². The number of carbonyl (C=O) groups is 2. The molecule has 0 unspecified atom stereocenters. The lowest BCUT2D eigenvalue weighted by Gasteiger charge is -2.25. The third-order valence-electron chi connectivity index (χ3n) is 4.75. The summed E-state index contributed by atoms with van der Waals surface area (Å²) in [6.45, 7) is 3.19. The van der Waals surface area contributed by atoms with Crippen molar-refractivity contribution >= 4 is 49.9 Å². The number of hydrogen-bond donors (Lipinski definition) is 2. The number of anilines is 2. The van der Waals surface area contributed by atoms with E-state index in [9.17, 15) is 9.59 Å². The number of ether oxygens (including phenoxy) is 1. The molecule has 0 bridgehead atoms. The highest BCUT2D eigenvalue weighted by Gasteiger charge is 2.15. The van der Waals surface area contributed by atoms with Crippen LogP contribution in [0.4, 0.5) is 10.8 Å². The third-order valence-corrected chi connectivity index (χ3v) is 6.00. The molecule has 1 aromatic heterocycles. The maximum Gasteiger partial charge on any atom is 0.255 e. The smallest absolute Gasteiger partial charge is 0.255 e. The molecule has 1 aliphatic rings. The second kappa shape index (κ2) is 10.1. The van der Waals surface area contributed by atoms with Gasteiger partial charge in [-0.05, 0) is 30.3 Å². The van der Waals surface area contributed by atoms with E-state index in [0.29, 0.717) is 36.1 Å². The summed E-state index contributed by atoms with van der Waals surface area (Å²) in [6.07, 6.45) is 0. The first kappa shape index (κ1) is 21.6. The maximum atomic E-state index is 12.4. The van der Waals surface area contributed by atoms with Crippen molar-refractivity contribution in [2.75, 3.05) is 43.5 Å². The quantitative estimate of drug-likeness (QED) is 0.532. The van der Waals surface area contributed by atoms with Crippen LogP contribution >= 0.6 is 27.3 Å². The SMILES string of the molecule is O=C(CN1CCOCC1)Nc1nc(-c2ccc(NC(=O)c3cccc(Br)c3)cc2)cs1. The summed E-state index contributed by atoms with van der Waals surface area (Å²) in [5, 5.41) is 8.22. The molecule has 2 aromatic carbocycles. The van der Waals surface area contributed by atoms with Crippen LogP contribution < -0.4 is 10.6 Å². The van der Waals surface area contributed by atoms with E-state index in [0.717, 1.165) is 28.8 Å². The van der Waals surface area contributed by atoms with Crippen molar-refractivity contribution in [3.8, 4) is 11.3 Å². The van der Waals surface area contributed by atoms with Gasteiger partial charge >= 0.3 is 0 Å². The van der Waals surface area contributed by atoms with E-state index in [2.05, 4.69) is 36.4 Å². The Morgan fingerprint density at radius 3 is 2.61 bits per heavy atom. The molecule has 1 saturated heterocycles. The lowest BCUT2D eigenvalue weighted by Crippen LogP contribution is -2.41. The molecule has 9 heteroatoms. The summed E-state index contributed by atoms with van der Waals surface area (Å²) in [6, 6.07) is 14.7. The van der Waals surface area contributed by atoms with Gasteiger partial charge in [0, 0.05) is 39.8 Å². The Bertz CT molecular complexity index is 1060. The van der Waals surface area contributed by atoms with Gasteiger partial charge in [-0.25, -0.2) is 4.98 Å². The Kier molecular flexibility index (Phi) is 7.08. The zero-order chi connectivity index (χ0) is 21.6. The monoisotopic (exact) mass is 500 g/mol. The van der Waals surface area contributed by atoms with Gasteiger partial charge in [-0.1, -0.05) is 34.1 Å². The average Bonchev–Trinajstić information content (AvgIpc) is 3.23. The predicted octanol–water partition coefficient (Wildman–Crippen LogP) is 4.10. The Hall–Kier alpha value is -2.59. The van der Waals surface area contributed by atoms with Crippen molar-refractivity contribution in [2.45, 2.75) is 0 Å². The Balaban J connectivity index is 1.34. The van der Waals surface area contributed by atoms with Crippen molar-refractivity contribution < 1.29 is 14.3 Å². The fourth-order valence-electron chi connectivity index (χ4n) is 3.14. The van der Waals surface area contributed by atoms with Crippen molar-refractivity contribution in [3.05, 3.63) is 63.9 Å². The molecule has 7 nitrogen and oxygen atoms in total. The Labute approximate surface area is 192 Å². The molecule has 2 heterocycles. The molecule has 2 N–H and O–H groups in total. The number of nitrogens with zero attached hydrogens (tertiary/aromatic N) is 2. The van der Waals surface area contributed by atoms with Crippen LogP contribution in [-0.4, -0.2) is 54.5 Å². The van der Waals surface area contributed by atoms with Crippen LogP contribution in [-0.2, 0) is 9.53 Å². The van der Waals surface area contributed by atoms with Gasteiger partial charge < -0.3 is 15.4 Å². The predicted molar refractivity (Wildman–Crippen MR) is 126 cm³/mol. The van der Waals surface area contributed by atoms with Crippen LogP contribution in [0.3, 0.4) is 0 Å². The van der Waals surface area contributed by atoms with Crippen LogP contribution in [0.2, 0.25) is 0 Å². The highest BCUT2D eigenvalue weighted by Crippen LogP contribution is 2.26. The molecule has 0 aliphatic carbocycles. The van der Waals surface area contributed by atoms with Crippen molar-refractivity contribution in [2.24, 2.45) is 0 Å². The zero-order valence-corrected chi connectivity index (χ0v) is 19.0. The number of nitrogens with one attached hydrogen (secondary N) is 2. The summed E-state index contributed by atoms with van der Waals surface area (Å²) in [4.78, 5) is 31.2. The van der Waals surface area contributed by atoms with Crippen molar-refractivity contribution in [1.29, 1.82) is 0 Å². The summed E-state index contributed by atoms with van der Waals surface area (Å²) >= 11 is 4.76. The van der Waals surface area contributed by atoms with E-state index in [1.165, 1.54) is 11.3 Å². The first-order valence-corrected chi connectivity index (χ1v) is 11.5. The van der Waals surface area contributed by atoms with Crippen LogP contribution in [0.25, 0.3) is 11.3 Å². The van der Waals surface area contributed by atoms with E-state index in [1.54, 1.807) is 12.1 Å². The number of rotatable bonds is 6. The number of aromatic nitrogens is 1. The fraction of sp³-hybridized carbons (Fsp3) is 0.227.